The van der Waals surface area contributed by atoms with Crippen molar-refractivity contribution in [3.05, 3.63) is 35.4 Å². The van der Waals surface area contributed by atoms with E-state index in [-0.39, 0.29) is 24.4 Å². The van der Waals surface area contributed by atoms with Crippen molar-refractivity contribution in [2.45, 2.75) is 52.8 Å². The molecule has 3 amide bonds. The zero-order valence-electron chi connectivity index (χ0n) is 15.4. The molecule has 0 radical (unpaired) electrons. The second-order valence-corrected chi connectivity index (χ2v) is 6.96. The summed E-state index contributed by atoms with van der Waals surface area (Å²) in [5.74, 6) is -0.563. The minimum Gasteiger partial charge on any atom is -0.444 e. The van der Waals surface area contributed by atoms with Gasteiger partial charge in [-0.15, -0.1) is 0 Å². The van der Waals surface area contributed by atoms with E-state index < -0.39 is 11.7 Å². The van der Waals surface area contributed by atoms with Crippen LogP contribution in [0.3, 0.4) is 0 Å². The molecule has 0 heterocycles. The van der Waals surface area contributed by atoms with Crippen LogP contribution in [-0.2, 0) is 16.1 Å². The van der Waals surface area contributed by atoms with Crippen molar-refractivity contribution in [2.75, 3.05) is 6.54 Å². The molecule has 0 atom stereocenters. The molecule has 0 aromatic heterocycles. The fraction of sp³-hybridized carbons (Fsp3) is 0.500. The van der Waals surface area contributed by atoms with Crippen LogP contribution in [0.1, 0.15) is 50.5 Å². The number of benzene rings is 1. The molecule has 0 saturated heterocycles. The average Bonchev–Trinajstić information content (AvgIpc) is 2.49. The molecule has 0 aliphatic carbocycles. The summed E-state index contributed by atoms with van der Waals surface area (Å²) in [5.41, 5.74) is 0.728. The van der Waals surface area contributed by atoms with Crippen LogP contribution in [0.15, 0.2) is 24.3 Å². The van der Waals surface area contributed by atoms with Crippen molar-refractivity contribution in [3.8, 4) is 0 Å². The van der Waals surface area contributed by atoms with Crippen molar-refractivity contribution < 1.29 is 19.1 Å². The number of amides is 3. The lowest BCUT2D eigenvalue weighted by Crippen LogP contribution is -2.39. The second-order valence-electron chi connectivity index (χ2n) is 6.96. The van der Waals surface area contributed by atoms with Gasteiger partial charge in [-0.1, -0.05) is 12.1 Å². The van der Waals surface area contributed by atoms with Gasteiger partial charge in [0.2, 0.25) is 5.91 Å². The normalized spacial score (nSPS) is 11.0. The summed E-state index contributed by atoms with van der Waals surface area (Å²) < 4.78 is 5.15. The Morgan fingerprint density at radius 2 is 1.64 bits per heavy atom. The zero-order valence-corrected chi connectivity index (χ0v) is 15.4. The van der Waals surface area contributed by atoms with Gasteiger partial charge >= 0.3 is 6.09 Å². The Kier molecular flexibility index (Phi) is 7.42. The maximum Gasteiger partial charge on any atom is 0.407 e. The van der Waals surface area contributed by atoms with Gasteiger partial charge < -0.3 is 20.7 Å². The summed E-state index contributed by atoms with van der Waals surface area (Å²) in [4.78, 5) is 35.1. The first kappa shape index (κ1) is 20.5. The van der Waals surface area contributed by atoms with Gasteiger partial charge in [-0.3, -0.25) is 9.59 Å². The Bertz CT molecular complexity index is 604. The first-order chi connectivity index (χ1) is 11.6. The first-order valence-corrected chi connectivity index (χ1v) is 8.20. The molecule has 0 spiro atoms. The van der Waals surface area contributed by atoms with E-state index in [1.807, 2.05) is 13.8 Å². The molecule has 0 saturated carbocycles. The molecule has 138 valence electrons. The minimum atomic E-state index is -0.548. The Labute approximate surface area is 148 Å². The molecule has 0 bridgehead atoms. The van der Waals surface area contributed by atoms with Gasteiger partial charge in [0.1, 0.15) is 5.60 Å². The van der Waals surface area contributed by atoms with Crippen molar-refractivity contribution in [1.29, 1.82) is 0 Å². The third kappa shape index (κ3) is 8.74. The molecule has 7 heteroatoms. The zero-order chi connectivity index (χ0) is 19.0. The summed E-state index contributed by atoms with van der Waals surface area (Å²) >= 11 is 0. The number of carbonyl (C=O) groups excluding carboxylic acids is 3. The Morgan fingerprint density at radius 1 is 1.04 bits per heavy atom. The molecule has 1 aromatic carbocycles. The summed E-state index contributed by atoms with van der Waals surface area (Å²) in [7, 11) is 0. The van der Waals surface area contributed by atoms with Crippen molar-refractivity contribution in [3.63, 3.8) is 0 Å². The Balaban J connectivity index is 2.46. The van der Waals surface area contributed by atoms with Gasteiger partial charge in [-0.2, -0.15) is 0 Å². The molecule has 0 fully saturated rings. The van der Waals surface area contributed by atoms with Crippen LogP contribution >= 0.6 is 0 Å². The van der Waals surface area contributed by atoms with Crippen LogP contribution in [0.2, 0.25) is 0 Å². The van der Waals surface area contributed by atoms with Crippen LogP contribution in [0, 0.1) is 0 Å². The van der Waals surface area contributed by atoms with Gasteiger partial charge in [0.05, 0.1) is 6.54 Å². The molecular weight excluding hydrogens is 322 g/mol. The monoisotopic (exact) mass is 349 g/mol. The highest BCUT2D eigenvalue weighted by Gasteiger charge is 2.15. The lowest BCUT2D eigenvalue weighted by Gasteiger charge is -2.19. The van der Waals surface area contributed by atoms with E-state index in [0.29, 0.717) is 12.1 Å². The van der Waals surface area contributed by atoms with Gasteiger partial charge in [-0.25, -0.2) is 4.79 Å². The van der Waals surface area contributed by atoms with Gasteiger partial charge in [0.25, 0.3) is 5.91 Å². The highest BCUT2D eigenvalue weighted by atomic mass is 16.6. The van der Waals surface area contributed by atoms with Crippen LogP contribution in [-0.4, -0.2) is 36.1 Å². The third-order valence-electron chi connectivity index (χ3n) is 2.91. The van der Waals surface area contributed by atoms with Gasteiger partial charge in [0.15, 0.2) is 0 Å². The molecule has 0 unspecified atom stereocenters. The number of hydrogen-bond acceptors (Lipinski definition) is 4. The topological polar surface area (TPSA) is 96.5 Å². The third-order valence-corrected chi connectivity index (χ3v) is 2.91. The van der Waals surface area contributed by atoms with Gasteiger partial charge in [-0.05, 0) is 52.3 Å². The average molecular weight is 349 g/mol. The molecule has 1 rings (SSSR count). The summed E-state index contributed by atoms with van der Waals surface area (Å²) in [5, 5.41) is 7.90. The standard InChI is InChI=1S/C18H27N3O4/c1-12(2)21-15(22)11-19-16(23)14-8-6-13(7-9-14)10-20-17(24)25-18(3,4)5/h6-9,12H,10-11H2,1-5H3,(H,19,23)(H,20,24)(H,21,22). The highest BCUT2D eigenvalue weighted by molar-refractivity contribution is 5.96. The molecule has 0 aliphatic heterocycles. The molecule has 0 aliphatic rings. The fourth-order valence-electron chi connectivity index (χ4n) is 1.90. The molecule has 1 aromatic rings. The summed E-state index contributed by atoms with van der Waals surface area (Å²) in [6.45, 7) is 9.31. The number of hydrogen-bond donors (Lipinski definition) is 3. The number of carbonyl (C=O) groups is 3. The van der Waals surface area contributed by atoms with E-state index in [1.165, 1.54) is 0 Å². The first-order valence-electron chi connectivity index (χ1n) is 8.20. The fourth-order valence-corrected chi connectivity index (χ4v) is 1.90. The van der Waals surface area contributed by atoms with Crippen LogP contribution in [0.25, 0.3) is 0 Å². The number of rotatable bonds is 6. The van der Waals surface area contributed by atoms with E-state index in [4.69, 9.17) is 4.74 Å². The summed E-state index contributed by atoms with van der Waals surface area (Å²) in [6.07, 6.45) is -0.495. The van der Waals surface area contributed by atoms with Crippen molar-refractivity contribution in [1.82, 2.24) is 16.0 Å². The van der Waals surface area contributed by atoms with E-state index in [9.17, 15) is 14.4 Å². The van der Waals surface area contributed by atoms with E-state index >= 15 is 0 Å². The van der Waals surface area contributed by atoms with E-state index in [1.54, 1.807) is 45.0 Å². The minimum absolute atomic E-state index is 0.0289. The Morgan fingerprint density at radius 3 is 2.16 bits per heavy atom. The number of nitrogens with one attached hydrogen (secondary N) is 3. The number of alkyl carbamates (subject to hydrolysis) is 1. The number of ether oxygens (including phenoxy) is 1. The lowest BCUT2D eigenvalue weighted by molar-refractivity contribution is -0.120. The van der Waals surface area contributed by atoms with E-state index in [0.717, 1.165) is 5.56 Å². The second kappa shape index (κ2) is 9.05. The largest absolute Gasteiger partial charge is 0.444 e. The predicted octanol–water partition coefficient (Wildman–Crippen LogP) is 1.97. The van der Waals surface area contributed by atoms with Crippen molar-refractivity contribution >= 4 is 17.9 Å². The van der Waals surface area contributed by atoms with Crippen LogP contribution in [0.4, 0.5) is 4.79 Å². The lowest BCUT2D eigenvalue weighted by atomic mass is 10.1. The maximum atomic E-state index is 12.0. The maximum absolute atomic E-state index is 12.0. The van der Waals surface area contributed by atoms with E-state index in [2.05, 4.69) is 16.0 Å². The van der Waals surface area contributed by atoms with Crippen LogP contribution < -0.4 is 16.0 Å². The Hall–Kier alpha value is -2.57. The SMILES string of the molecule is CC(C)NC(=O)CNC(=O)c1ccc(CNC(=O)OC(C)(C)C)cc1. The smallest absolute Gasteiger partial charge is 0.407 e. The van der Waals surface area contributed by atoms with Gasteiger partial charge in [0, 0.05) is 18.2 Å². The molecule has 25 heavy (non-hydrogen) atoms. The summed E-state index contributed by atoms with van der Waals surface area (Å²) in [6, 6.07) is 6.78. The van der Waals surface area contributed by atoms with Crippen molar-refractivity contribution in [2.24, 2.45) is 0 Å². The van der Waals surface area contributed by atoms with Crippen LogP contribution in [0.5, 0.6) is 0 Å². The highest BCUT2D eigenvalue weighted by Crippen LogP contribution is 2.08. The molecule has 7 nitrogen and oxygen atoms in total. The molecule has 3 N–H and O–H groups in total. The molecular formula is C18H27N3O4. The predicted molar refractivity (Wildman–Crippen MR) is 95.1 cm³/mol. The quantitative estimate of drug-likeness (QED) is 0.731.